The molecule has 2 aromatic carbocycles. The number of anilines is 1. The quantitative estimate of drug-likeness (QED) is 0.439. The summed E-state index contributed by atoms with van der Waals surface area (Å²) in [6.07, 6.45) is 3.42. The molecule has 0 fully saturated rings. The fourth-order valence-electron chi connectivity index (χ4n) is 2.06. The van der Waals surface area contributed by atoms with E-state index < -0.39 is 0 Å². The minimum absolute atomic E-state index is 0.0230. The van der Waals surface area contributed by atoms with E-state index in [1.807, 2.05) is 60.0 Å². The first-order valence-electron chi connectivity index (χ1n) is 6.28. The van der Waals surface area contributed by atoms with Crippen LogP contribution in [0.15, 0.2) is 60.0 Å². The van der Waals surface area contributed by atoms with Crippen LogP contribution in [0.4, 0.5) is 5.69 Å². The van der Waals surface area contributed by atoms with Crippen molar-refractivity contribution in [3.8, 4) is 0 Å². The zero-order valence-electron chi connectivity index (χ0n) is 10.7. The number of carbonyl (C=O) groups is 1. The fourth-order valence-corrected chi connectivity index (χ4v) is 2.97. The second-order valence-electron chi connectivity index (χ2n) is 4.51. The van der Waals surface area contributed by atoms with E-state index in [1.165, 1.54) is 0 Å². The number of rotatable bonds is 3. The summed E-state index contributed by atoms with van der Waals surface area (Å²) in [5.41, 5.74) is 8.07. The third-order valence-electron chi connectivity index (χ3n) is 3.11. The van der Waals surface area contributed by atoms with Crippen LogP contribution < -0.4 is 5.73 Å². The molecule has 3 rings (SSSR count). The van der Waals surface area contributed by atoms with Crippen molar-refractivity contribution >= 4 is 39.0 Å². The van der Waals surface area contributed by atoms with E-state index in [1.54, 1.807) is 17.4 Å². The summed E-state index contributed by atoms with van der Waals surface area (Å²) in [5.74, 6) is 0.0230. The van der Waals surface area contributed by atoms with Crippen molar-refractivity contribution in [3.05, 3.63) is 71.1 Å². The Bertz CT molecular complexity index is 784. The maximum absolute atomic E-state index is 12.3. The first-order chi connectivity index (χ1) is 9.74. The molecule has 0 spiro atoms. The van der Waals surface area contributed by atoms with Crippen LogP contribution in [0.1, 0.15) is 15.9 Å². The molecule has 0 saturated heterocycles. The van der Waals surface area contributed by atoms with Crippen LogP contribution in [0.25, 0.3) is 16.2 Å². The normalized spacial score (nSPS) is 11.2. The Morgan fingerprint density at radius 2 is 1.85 bits per heavy atom. The maximum Gasteiger partial charge on any atom is 0.187 e. The Balaban J connectivity index is 1.89. The van der Waals surface area contributed by atoms with Crippen LogP contribution >= 0.6 is 11.3 Å². The third kappa shape index (κ3) is 2.49. The number of fused-ring (bicyclic) bond motifs is 1. The number of hydrogen-bond acceptors (Lipinski definition) is 3. The van der Waals surface area contributed by atoms with Gasteiger partial charge < -0.3 is 5.73 Å². The van der Waals surface area contributed by atoms with Gasteiger partial charge in [-0.2, -0.15) is 0 Å². The summed E-state index contributed by atoms with van der Waals surface area (Å²) in [4.78, 5) is 12.3. The smallest absolute Gasteiger partial charge is 0.187 e. The van der Waals surface area contributed by atoms with Crippen molar-refractivity contribution in [1.82, 2.24) is 0 Å². The zero-order chi connectivity index (χ0) is 13.9. The SMILES string of the molecule is Nc1ccc(/C=C/C(=O)c2cccc3ccsc23)cc1. The Morgan fingerprint density at radius 3 is 2.65 bits per heavy atom. The predicted octanol–water partition coefficient (Wildman–Crippen LogP) is 4.38. The van der Waals surface area contributed by atoms with Gasteiger partial charge in [0.2, 0.25) is 0 Å². The van der Waals surface area contributed by atoms with Crippen LogP contribution in [0.5, 0.6) is 0 Å². The fraction of sp³-hybridized carbons (Fsp3) is 0. The van der Waals surface area contributed by atoms with Crippen LogP contribution in [0.2, 0.25) is 0 Å². The van der Waals surface area contributed by atoms with Gasteiger partial charge in [-0.05, 0) is 46.7 Å². The molecule has 2 nitrogen and oxygen atoms in total. The molecule has 0 unspecified atom stereocenters. The van der Waals surface area contributed by atoms with Crippen molar-refractivity contribution < 1.29 is 4.79 Å². The molecule has 0 radical (unpaired) electrons. The number of nitrogens with two attached hydrogens (primary N) is 1. The lowest BCUT2D eigenvalue weighted by Crippen LogP contribution is -1.93. The van der Waals surface area contributed by atoms with Gasteiger partial charge in [-0.25, -0.2) is 0 Å². The summed E-state index contributed by atoms with van der Waals surface area (Å²) in [6.45, 7) is 0. The molecule has 0 amide bonds. The number of thiophene rings is 1. The van der Waals surface area contributed by atoms with E-state index in [0.717, 1.165) is 26.9 Å². The molecule has 0 aliphatic heterocycles. The number of carbonyl (C=O) groups excluding carboxylic acids is 1. The molecular formula is C17H13NOS. The lowest BCUT2D eigenvalue weighted by molar-refractivity contribution is 0.104. The Kier molecular flexibility index (Phi) is 3.35. The van der Waals surface area contributed by atoms with E-state index in [-0.39, 0.29) is 5.78 Å². The molecule has 20 heavy (non-hydrogen) atoms. The first kappa shape index (κ1) is 12.6. The van der Waals surface area contributed by atoms with E-state index >= 15 is 0 Å². The second-order valence-corrected chi connectivity index (χ2v) is 5.42. The van der Waals surface area contributed by atoms with Gasteiger partial charge in [0.1, 0.15) is 0 Å². The predicted molar refractivity (Wildman–Crippen MR) is 86.0 cm³/mol. The van der Waals surface area contributed by atoms with Crippen LogP contribution in [0, 0.1) is 0 Å². The highest BCUT2D eigenvalue weighted by atomic mass is 32.1. The highest BCUT2D eigenvalue weighted by Crippen LogP contribution is 2.25. The zero-order valence-corrected chi connectivity index (χ0v) is 11.6. The first-order valence-corrected chi connectivity index (χ1v) is 7.16. The van der Waals surface area contributed by atoms with Gasteiger partial charge in [0.15, 0.2) is 5.78 Å². The van der Waals surface area contributed by atoms with Gasteiger partial charge in [0, 0.05) is 16.0 Å². The minimum atomic E-state index is 0.0230. The summed E-state index contributed by atoms with van der Waals surface area (Å²) in [6, 6.07) is 15.3. The second kappa shape index (κ2) is 5.31. The molecule has 0 bridgehead atoms. The molecule has 0 aliphatic rings. The lowest BCUT2D eigenvalue weighted by Gasteiger charge is -1.98. The Hall–Kier alpha value is -2.39. The third-order valence-corrected chi connectivity index (χ3v) is 4.07. The molecule has 1 heterocycles. The van der Waals surface area contributed by atoms with E-state index in [0.29, 0.717) is 0 Å². The largest absolute Gasteiger partial charge is 0.399 e. The lowest BCUT2D eigenvalue weighted by atomic mass is 10.1. The van der Waals surface area contributed by atoms with Crippen molar-refractivity contribution in [2.24, 2.45) is 0 Å². The van der Waals surface area contributed by atoms with E-state index in [4.69, 9.17) is 5.73 Å². The molecule has 2 N–H and O–H groups in total. The number of allylic oxidation sites excluding steroid dienone is 1. The van der Waals surface area contributed by atoms with E-state index in [2.05, 4.69) is 0 Å². The highest BCUT2D eigenvalue weighted by molar-refractivity contribution is 7.17. The van der Waals surface area contributed by atoms with Gasteiger partial charge in [0.05, 0.1) is 0 Å². The summed E-state index contributed by atoms with van der Waals surface area (Å²) >= 11 is 1.59. The average molecular weight is 279 g/mol. The van der Waals surface area contributed by atoms with Gasteiger partial charge in [0.25, 0.3) is 0 Å². The summed E-state index contributed by atoms with van der Waals surface area (Å²) in [7, 11) is 0. The molecule has 0 atom stereocenters. The molecule has 0 aliphatic carbocycles. The molecule has 0 saturated carbocycles. The van der Waals surface area contributed by atoms with Gasteiger partial charge in [-0.3, -0.25) is 4.79 Å². The van der Waals surface area contributed by atoms with E-state index in [9.17, 15) is 4.79 Å². The van der Waals surface area contributed by atoms with Crippen LogP contribution in [-0.2, 0) is 0 Å². The molecule has 98 valence electrons. The maximum atomic E-state index is 12.3. The highest BCUT2D eigenvalue weighted by Gasteiger charge is 2.07. The van der Waals surface area contributed by atoms with Crippen LogP contribution in [-0.4, -0.2) is 5.78 Å². The number of benzene rings is 2. The molecule has 3 heteroatoms. The average Bonchev–Trinajstić information content (AvgIpc) is 2.94. The summed E-state index contributed by atoms with van der Waals surface area (Å²) in [5, 5.41) is 3.12. The molecular weight excluding hydrogens is 266 g/mol. The molecule has 1 aromatic heterocycles. The number of nitrogen functional groups attached to an aromatic ring is 1. The van der Waals surface area contributed by atoms with Crippen molar-refractivity contribution in [3.63, 3.8) is 0 Å². The van der Waals surface area contributed by atoms with Gasteiger partial charge in [-0.15, -0.1) is 11.3 Å². The molecule has 3 aromatic rings. The standard InChI is InChI=1S/C17H13NOS/c18-14-7-4-12(5-8-14)6-9-16(19)15-3-1-2-13-10-11-20-17(13)15/h1-11H,18H2/b9-6+. The number of ketones is 1. The Labute approximate surface area is 121 Å². The van der Waals surface area contributed by atoms with Gasteiger partial charge in [-0.1, -0.05) is 30.3 Å². The van der Waals surface area contributed by atoms with Crippen LogP contribution in [0.3, 0.4) is 0 Å². The minimum Gasteiger partial charge on any atom is -0.399 e. The van der Waals surface area contributed by atoms with Gasteiger partial charge >= 0.3 is 0 Å². The summed E-state index contributed by atoms with van der Waals surface area (Å²) < 4.78 is 1.04. The van der Waals surface area contributed by atoms with Crippen molar-refractivity contribution in [2.45, 2.75) is 0 Å². The monoisotopic (exact) mass is 279 g/mol. The van der Waals surface area contributed by atoms with Crippen molar-refractivity contribution in [2.75, 3.05) is 5.73 Å². The topological polar surface area (TPSA) is 43.1 Å². The van der Waals surface area contributed by atoms with Crippen molar-refractivity contribution in [1.29, 1.82) is 0 Å². The Morgan fingerprint density at radius 1 is 1.05 bits per heavy atom. The number of hydrogen-bond donors (Lipinski definition) is 1.